The first-order chi connectivity index (χ1) is 19.1. The molecule has 1 unspecified atom stereocenters. The van der Waals surface area contributed by atoms with Crippen molar-refractivity contribution in [2.24, 2.45) is 0 Å². The number of carbonyl (C=O) groups excluding carboxylic acids is 2. The lowest BCUT2D eigenvalue weighted by Crippen LogP contribution is -2.44. The molecule has 1 atom stereocenters. The molecule has 1 amide bonds. The van der Waals surface area contributed by atoms with Crippen LogP contribution in [0.3, 0.4) is 0 Å². The van der Waals surface area contributed by atoms with E-state index in [2.05, 4.69) is 5.32 Å². The predicted octanol–water partition coefficient (Wildman–Crippen LogP) is 5.93. The van der Waals surface area contributed by atoms with E-state index in [9.17, 15) is 9.59 Å². The normalized spacial score (nSPS) is 11.4. The molecule has 0 heterocycles. The van der Waals surface area contributed by atoms with E-state index in [1.807, 2.05) is 109 Å². The fourth-order valence-electron chi connectivity index (χ4n) is 4.02. The van der Waals surface area contributed by atoms with Gasteiger partial charge in [0.15, 0.2) is 5.78 Å². The summed E-state index contributed by atoms with van der Waals surface area (Å²) in [6.45, 7) is 0.453. The zero-order chi connectivity index (χ0) is 27.3. The van der Waals surface area contributed by atoms with Gasteiger partial charge in [-0.25, -0.2) is 0 Å². The van der Waals surface area contributed by atoms with Gasteiger partial charge < -0.3 is 19.5 Å². The molecule has 0 bridgehead atoms. The van der Waals surface area contributed by atoms with E-state index >= 15 is 0 Å². The first-order valence-corrected chi connectivity index (χ1v) is 13.0. The van der Waals surface area contributed by atoms with Gasteiger partial charge in [0, 0.05) is 12.8 Å². The van der Waals surface area contributed by atoms with Gasteiger partial charge in [-0.05, 0) is 59.5 Å². The zero-order valence-corrected chi connectivity index (χ0v) is 22.0. The summed E-state index contributed by atoms with van der Waals surface area (Å²) in [5, 5.41) is 2.90. The number of amides is 1. The minimum atomic E-state index is -0.752. The maximum atomic E-state index is 13.3. The molecule has 39 heavy (non-hydrogen) atoms. The van der Waals surface area contributed by atoms with Crippen LogP contribution in [0, 0.1) is 0 Å². The zero-order valence-electron chi connectivity index (χ0n) is 22.0. The molecule has 0 aliphatic rings. The lowest BCUT2D eigenvalue weighted by Gasteiger charge is -2.18. The van der Waals surface area contributed by atoms with Gasteiger partial charge in [0.05, 0.1) is 20.3 Å². The van der Waals surface area contributed by atoms with Crippen LogP contribution in [0.2, 0.25) is 0 Å². The van der Waals surface area contributed by atoms with Crippen LogP contribution in [-0.2, 0) is 33.8 Å². The second-order valence-corrected chi connectivity index (χ2v) is 9.17. The van der Waals surface area contributed by atoms with Gasteiger partial charge in [-0.3, -0.25) is 9.59 Å². The Morgan fingerprint density at radius 3 is 1.95 bits per heavy atom. The fraction of sp³-hybridized carbons (Fsp3) is 0.212. The van der Waals surface area contributed by atoms with Crippen LogP contribution in [0.25, 0.3) is 0 Å². The highest BCUT2D eigenvalue weighted by Crippen LogP contribution is 2.21. The number of carbonyl (C=O) groups is 2. The maximum absolute atomic E-state index is 13.3. The fourth-order valence-corrected chi connectivity index (χ4v) is 4.02. The van der Waals surface area contributed by atoms with Crippen LogP contribution in [0.5, 0.6) is 17.2 Å². The van der Waals surface area contributed by atoms with Crippen LogP contribution in [0.1, 0.15) is 23.1 Å². The number of ether oxygens (including phenoxy) is 3. The Bertz CT molecular complexity index is 1310. The number of aryl methyl sites for hydroxylation is 1. The molecule has 0 aliphatic carbocycles. The number of rotatable bonds is 14. The van der Waals surface area contributed by atoms with Crippen molar-refractivity contribution >= 4 is 11.7 Å². The Labute approximate surface area is 229 Å². The Morgan fingerprint density at radius 2 is 1.28 bits per heavy atom. The van der Waals surface area contributed by atoms with E-state index in [1.54, 1.807) is 7.11 Å². The third kappa shape index (κ3) is 9.13. The van der Waals surface area contributed by atoms with Gasteiger partial charge in [0.1, 0.15) is 23.3 Å². The summed E-state index contributed by atoms with van der Waals surface area (Å²) in [5.41, 5.74) is 2.86. The standard InChI is InChI=1S/C33H33NO5/c1-37-28-17-12-25(13-18-28)16-21-33(36)34-31(24-38-23-27-8-4-2-5-9-27)32(35)22-26-14-19-30(20-15-26)39-29-10-6-3-7-11-29/h2-15,17-20,31H,16,21-24H2,1H3,(H,34,36). The molecule has 0 saturated heterocycles. The molecule has 0 spiro atoms. The van der Waals surface area contributed by atoms with E-state index in [4.69, 9.17) is 14.2 Å². The molecular formula is C33H33NO5. The molecule has 6 nitrogen and oxygen atoms in total. The highest BCUT2D eigenvalue weighted by molar-refractivity contribution is 5.90. The molecule has 0 aromatic heterocycles. The SMILES string of the molecule is COc1ccc(CCC(=O)NC(COCc2ccccc2)C(=O)Cc2ccc(Oc3ccccc3)cc2)cc1. The molecule has 1 N–H and O–H groups in total. The van der Waals surface area contributed by atoms with E-state index in [1.165, 1.54) is 0 Å². The Morgan fingerprint density at radius 1 is 0.692 bits per heavy atom. The quantitative estimate of drug-likeness (QED) is 0.222. The number of ketones is 1. The number of benzene rings is 4. The third-order valence-electron chi connectivity index (χ3n) is 6.20. The molecule has 0 fully saturated rings. The third-order valence-corrected chi connectivity index (χ3v) is 6.20. The van der Waals surface area contributed by atoms with Crippen molar-refractivity contribution in [1.29, 1.82) is 0 Å². The second-order valence-electron chi connectivity index (χ2n) is 9.17. The van der Waals surface area contributed by atoms with Gasteiger partial charge in [0.25, 0.3) is 0 Å². The van der Waals surface area contributed by atoms with Gasteiger partial charge in [-0.2, -0.15) is 0 Å². The molecule has 0 saturated carbocycles. The molecule has 4 aromatic rings. The topological polar surface area (TPSA) is 73.9 Å². The van der Waals surface area contributed by atoms with Crippen LogP contribution in [-0.4, -0.2) is 31.4 Å². The minimum absolute atomic E-state index is 0.0944. The van der Waals surface area contributed by atoms with Gasteiger partial charge in [0.2, 0.25) is 5.91 Å². The molecule has 4 rings (SSSR count). The van der Waals surface area contributed by atoms with Gasteiger partial charge in [-0.1, -0.05) is 72.8 Å². The molecule has 6 heteroatoms. The van der Waals surface area contributed by atoms with Crippen molar-refractivity contribution in [3.63, 3.8) is 0 Å². The Balaban J connectivity index is 1.35. The van der Waals surface area contributed by atoms with Crippen molar-refractivity contribution in [3.05, 3.63) is 126 Å². The summed E-state index contributed by atoms with van der Waals surface area (Å²) < 4.78 is 16.9. The van der Waals surface area contributed by atoms with E-state index in [-0.39, 0.29) is 31.1 Å². The molecule has 200 valence electrons. The maximum Gasteiger partial charge on any atom is 0.220 e. The van der Waals surface area contributed by atoms with Crippen LogP contribution >= 0.6 is 0 Å². The first-order valence-electron chi connectivity index (χ1n) is 13.0. The minimum Gasteiger partial charge on any atom is -0.497 e. The highest BCUT2D eigenvalue weighted by atomic mass is 16.5. The first kappa shape index (κ1) is 27.6. The Kier molecular flexibility index (Phi) is 10.3. The van der Waals surface area contributed by atoms with Crippen molar-refractivity contribution in [3.8, 4) is 17.2 Å². The number of methoxy groups -OCH3 is 1. The second kappa shape index (κ2) is 14.5. The highest BCUT2D eigenvalue weighted by Gasteiger charge is 2.21. The number of nitrogens with one attached hydrogen (secondary N) is 1. The van der Waals surface area contributed by atoms with Gasteiger partial charge in [-0.15, -0.1) is 0 Å². The van der Waals surface area contributed by atoms with Crippen LogP contribution in [0.15, 0.2) is 109 Å². The summed E-state index contributed by atoms with van der Waals surface area (Å²) in [7, 11) is 1.62. The molecule has 0 aliphatic heterocycles. The lowest BCUT2D eigenvalue weighted by molar-refractivity contribution is -0.129. The van der Waals surface area contributed by atoms with E-state index in [0.29, 0.717) is 18.8 Å². The molecule has 0 radical (unpaired) electrons. The van der Waals surface area contributed by atoms with Crippen molar-refractivity contribution < 1.29 is 23.8 Å². The van der Waals surface area contributed by atoms with Crippen molar-refractivity contribution in [2.75, 3.05) is 13.7 Å². The molecule has 4 aromatic carbocycles. The summed E-state index contributed by atoms with van der Waals surface area (Å²) in [6, 6.07) is 33.5. The monoisotopic (exact) mass is 523 g/mol. The average molecular weight is 524 g/mol. The predicted molar refractivity (Wildman–Crippen MR) is 151 cm³/mol. The smallest absolute Gasteiger partial charge is 0.220 e. The largest absolute Gasteiger partial charge is 0.497 e. The summed E-state index contributed by atoms with van der Waals surface area (Å²) in [6.07, 6.45) is 0.995. The van der Waals surface area contributed by atoms with Crippen LogP contribution < -0.4 is 14.8 Å². The number of Topliss-reactive ketones (excluding diaryl/α,β-unsaturated/α-hetero) is 1. The van der Waals surface area contributed by atoms with Crippen molar-refractivity contribution in [2.45, 2.75) is 31.9 Å². The van der Waals surface area contributed by atoms with Crippen LogP contribution in [0.4, 0.5) is 0 Å². The number of hydrogen-bond donors (Lipinski definition) is 1. The molecular weight excluding hydrogens is 490 g/mol. The van der Waals surface area contributed by atoms with Gasteiger partial charge >= 0.3 is 0 Å². The average Bonchev–Trinajstić information content (AvgIpc) is 2.98. The lowest BCUT2D eigenvalue weighted by atomic mass is 10.0. The Hall–Kier alpha value is -4.42. The number of hydrogen-bond acceptors (Lipinski definition) is 5. The summed E-state index contributed by atoms with van der Waals surface area (Å²) in [5.74, 6) is 1.89. The van der Waals surface area contributed by atoms with E-state index < -0.39 is 6.04 Å². The van der Waals surface area contributed by atoms with Crippen molar-refractivity contribution in [1.82, 2.24) is 5.32 Å². The number of para-hydroxylation sites is 1. The summed E-state index contributed by atoms with van der Waals surface area (Å²) in [4.78, 5) is 26.1. The summed E-state index contributed by atoms with van der Waals surface area (Å²) >= 11 is 0. The van der Waals surface area contributed by atoms with E-state index in [0.717, 1.165) is 28.2 Å².